The Labute approximate surface area is 129 Å². The minimum Gasteiger partial charge on any atom is -0.362 e. The molecule has 21 heavy (non-hydrogen) atoms. The summed E-state index contributed by atoms with van der Waals surface area (Å²) in [6.07, 6.45) is -4.24. The van der Waals surface area contributed by atoms with Crippen molar-refractivity contribution in [1.29, 1.82) is 0 Å². The largest absolute Gasteiger partial charge is 0.405 e. The first-order valence-electron chi connectivity index (χ1n) is 7.03. The first-order valence-corrected chi connectivity index (χ1v) is 7.41. The van der Waals surface area contributed by atoms with E-state index in [2.05, 4.69) is 19.2 Å². The predicted molar refractivity (Wildman–Crippen MR) is 81.9 cm³/mol. The summed E-state index contributed by atoms with van der Waals surface area (Å²) in [5, 5.41) is 3.63. The Bertz CT molecular complexity index is 447. The van der Waals surface area contributed by atoms with Crippen LogP contribution in [-0.2, 0) is 6.54 Å². The average molecular weight is 323 g/mol. The fourth-order valence-corrected chi connectivity index (χ4v) is 2.33. The molecule has 0 fully saturated rings. The summed E-state index contributed by atoms with van der Waals surface area (Å²) in [7, 11) is 0. The molecule has 0 atom stereocenters. The Morgan fingerprint density at radius 2 is 1.95 bits per heavy atom. The molecule has 0 aliphatic rings. The van der Waals surface area contributed by atoms with Crippen LogP contribution < -0.4 is 10.2 Å². The minimum atomic E-state index is -4.24. The van der Waals surface area contributed by atoms with Crippen molar-refractivity contribution in [3.05, 3.63) is 28.8 Å². The second-order valence-electron chi connectivity index (χ2n) is 5.44. The molecule has 1 aromatic carbocycles. The maximum atomic E-state index is 12.5. The van der Waals surface area contributed by atoms with Gasteiger partial charge >= 0.3 is 6.18 Å². The van der Waals surface area contributed by atoms with Gasteiger partial charge in [0.05, 0.1) is 10.7 Å². The smallest absolute Gasteiger partial charge is 0.362 e. The maximum Gasteiger partial charge on any atom is 0.405 e. The highest BCUT2D eigenvalue weighted by Gasteiger charge is 2.30. The zero-order valence-corrected chi connectivity index (χ0v) is 13.4. The van der Waals surface area contributed by atoms with Crippen molar-refractivity contribution in [3.63, 3.8) is 0 Å². The molecule has 0 bridgehead atoms. The normalized spacial score (nSPS) is 12.0. The molecule has 120 valence electrons. The lowest BCUT2D eigenvalue weighted by molar-refractivity contribution is -0.119. The van der Waals surface area contributed by atoms with Crippen LogP contribution in [0, 0.1) is 5.92 Å². The Morgan fingerprint density at radius 1 is 1.29 bits per heavy atom. The lowest BCUT2D eigenvalue weighted by Gasteiger charge is -2.25. The Morgan fingerprint density at radius 3 is 2.43 bits per heavy atom. The lowest BCUT2D eigenvalue weighted by atomic mass is 10.1. The van der Waals surface area contributed by atoms with E-state index < -0.39 is 12.7 Å². The molecule has 0 radical (unpaired) electrons. The molecule has 0 unspecified atom stereocenters. The van der Waals surface area contributed by atoms with Gasteiger partial charge in [-0.1, -0.05) is 31.5 Å². The van der Waals surface area contributed by atoms with Crippen LogP contribution in [0.4, 0.5) is 18.9 Å². The quantitative estimate of drug-likeness (QED) is 0.796. The second kappa shape index (κ2) is 7.90. The summed E-state index contributed by atoms with van der Waals surface area (Å²) in [5.74, 6) is 0.544. The highest BCUT2D eigenvalue weighted by molar-refractivity contribution is 6.33. The monoisotopic (exact) mass is 322 g/mol. The number of alkyl halides is 3. The number of benzene rings is 1. The summed E-state index contributed by atoms with van der Waals surface area (Å²) in [5.41, 5.74) is 1.39. The Kier molecular flexibility index (Phi) is 6.81. The van der Waals surface area contributed by atoms with Crippen LogP contribution in [0.25, 0.3) is 0 Å². The minimum absolute atomic E-state index is 0.254. The predicted octanol–water partition coefficient (Wildman–Crippen LogP) is 4.47. The van der Waals surface area contributed by atoms with Crippen LogP contribution in [0.5, 0.6) is 0 Å². The molecule has 0 heterocycles. The fraction of sp³-hybridized carbons (Fsp3) is 0.600. The van der Waals surface area contributed by atoms with Gasteiger partial charge in [0.1, 0.15) is 6.54 Å². The summed E-state index contributed by atoms with van der Waals surface area (Å²) in [6, 6.07) is 5.20. The van der Waals surface area contributed by atoms with Gasteiger partial charge < -0.3 is 10.2 Å². The Balaban J connectivity index is 2.76. The van der Waals surface area contributed by atoms with Gasteiger partial charge in [-0.05, 0) is 37.1 Å². The van der Waals surface area contributed by atoms with E-state index in [9.17, 15) is 13.2 Å². The number of nitrogens with zero attached hydrogens (tertiary/aromatic N) is 1. The van der Waals surface area contributed by atoms with Crippen LogP contribution in [0.2, 0.25) is 5.02 Å². The molecule has 0 aliphatic carbocycles. The van der Waals surface area contributed by atoms with Crippen molar-refractivity contribution in [3.8, 4) is 0 Å². The fourth-order valence-electron chi connectivity index (χ4n) is 2.01. The zero-order valence-electron chi connectivity index (χ0n) is 12.6. The summed E-state index contributed by atoms with van der Waals surface area (Å²) < 4.78 is 37.6. The Hall–Kier alpha value is -0.940. The molecule has 6 heteroatoms. The van der Waals surface area contributed by atoms with Gasteiger partial charge in [0.15, 0.2) is 0 Å². The average Bonchev–Trinajstić information content (AvgIpc) is 2.35. The third-order valence-corrected chi connectivity index (χ3v) is 3.29. The van der Waals surface area contributed by atoms with Crippen molar-refractivity contribution in [2.75, 3.05) is 24.5 Å². The van der Waals surface area contributed by atoms with Crippen LogP contribution in [-0.4, -0.2) is 25.8 Å². The van der Waals surface area contributed by atoms with Crippen molar-refractivity contribution >= 4 is 17.3 Å². The molecule has 0 saturated carbocycles. The lowest BCUT2D eigenvalue weighted by Crippen LogP contribution is -2.34. The van der Waals surface area contributed by atoms with Gasteiger partial charge in [0.2, 0.25) is 0 Å². The molecule has 1 rings (SSSR count). The molecule has 0 spiro atoms. The van der Waals surface area contributed by atoms with Crippen LogP contribution in [0.3, 0.4) is 0 Å². The molecule has 1 aromatic rings. The van der Waals surface area contributed by atoms with Gasteiger partial charge in [0.25, 0.3) is 0 Å². The topological polar surface area (TPSA) is 15.3 Å². The van der Waals surface area contributed by atoms with E-state index in [1.54, 1.807) is 19.1 Å². The van der Waals surface area contributed by atoms with Crippen molar-refractivity contribution in [2.45, 2.75) is 33.5 Å². The van der Waals surface area contributed by atoms with Crippen molar-refractivity contribution in [2.24, 2.45) is 5.92 Å². The van der Waals surface area contributed by atoms with E-state index in [4.69, 9.17) is 11.6 Å². The van der Waals surface area contributed by atoms with Crippen LogP contribution in [0.15, 0.2) is 18.2 Å². The highest BCUT2D eigenvalue weighted by atomic mass is 35.5. The second-order valence-corrected chi connectivity index (χ2v) is 5.85. The third kappa shape index (κ3) is 6.57. The van der Waals surface area contributed by atoms with E-state index in [0.717, 1.165) is 12.1 Å². The number of nitrogens with one attached hydrogen (secondary N) is 1. The number of anilines is 1. The van der Waals surface area contributed by atoms with Crippen LogP contribution in [0.1, 0.15) is 26.3 Å². The molecule has 0 saturated heterocycles. The van der Waals surface area contributed by atoms with Gasteiger partial charge in [-0.2, -0.15) is 13.2 Å². The SMILES string of the molecule is CCN(CC(F)(F)F)c1ccc(CNCC(C)C)cc1Cl. The summed E-state index contributed by atoms with van der Waals surface area (Å²) in [6.45, 7) is 6.70. The van der Waals surface area contributed by atoms with E-state index in [0.29, 0.717) is 23.2 Å². The van der Waals surface area contributed by atoms with Gasteiger partial charge in [-0.3, -0.25) is 0 Å². The summed E-state index contributed by atoms with van der Waals surface area (Å²) >= 11 is 6.14. The van der Waals surface area contributed by atoms with Crippen molar-refractivity contribution in [1.82, 2.24) is 5.32 Å². The third-order valence-electron chi connectivity index (χ3n) is 2.99. The number of rotatable bonds is 7. The van der Waals surface area contributed by atoms with Gasteiger partial charge in [-0.25, -0.2) is 0 Å². The van der Waals surface area contributed by atoms with E-state index >= 15 is 0 Å². The molecular formula is C15H22ClF3N2. The molecule has 1 N–H and O–H groups in total. The van der Waals surface area contributed by atoms with E-state index in [1.165, 1.54) is 4.90 Å². The van der Waals surface area contributed by atoms with Crippen LogP contribution >= 0.6 is 11.6 Å². The maximum absolute atomic E-state index is 12.5. The molecule has 0 aromatic heterocycles. The molecular weight excluding hydrogens is 301 g/mol. The van der Waals surface area contributed by atoms with Gasteiger partial charge in [-0.15, -0.1) is 0 Å². The highest BCUT2D eigenvalue weighted by Crippen LogP contribution is 2.29. The molecule has 2 nitrogen and oxygen atoms in total. The van der Waals surface area contributed by atoms with E-state index in [-0.39, 0.29) is 6.54 Å². The zero-order chi connectivity index (χ0) is 16.0. The first-order chi connectivity index (χ1) is 9.73. The first kappa shape index (κ1) is 18.1. The molecule has 0 amide bonds. The van der Waals surface area contributed by atoms with E-state index in [1.807, 2.05) is 6.07 Å². The summed E-state index contributed by atoms with van der Waals surface area (Å²) in [4.78, 5) is 1.23. The molecule has 0 aliphatic heterocycles. The number of hydrogen-bond acceptors (Lipinski definition) is 2. The standard InChI is InChI=1S/C15H22ClF3N2/c1-4-21(10-15(17,18)19)14-6-5-12(7-13(14)16)9-20-8-11(2)3/h5-7,11,20H,4,8-10H2,1-3H3. The number of halogens is 4. The van der Waals surface area contributed by atoms with Crippen molar-refractivity contribution < 1.29 is 13.2 Å². The van der Waals surface area contributed by atoms with Gasteiger partial charge in [0, 0.05) is 13.1 Å². The number of hydrogen-bond donors (Lipinski definition) is 1.